The lowest BCUT2D eigenvalue weighted by atomic mass is 9.81. The lowest BCUT2D eigenvalue weighted by Gasteiger charge is -2.30. The summed E-state index contributed by atoms with van der Waals surface area (Å²) in [7, 11) is 1.50. The van der Waals surface area contributed by atoms with E-state index in [0.717, 1.165) is 5.71 Å². The van der Waals surface area contributed by atoms with E-state index in [1.165, 1.54) is 7.11 Å². The van der Waals surface area contributed by atoms with E-state index in [2.05, 4.69) is 20.6 Å². The number of imide groups is 1. The fraction of sp³-hybridized carbons (Fsp3) is 0.667. The van der Waals surface area contributed by atoms with Crippen molar-refractivity contribution in [3.05, 3.63) is 0 Å². The highest BCUT2D eigenvalue weighted by molar-refractivity contribution is 6.08. The summed E-state index contributed by atoms with van der Waals surface area (Å²) in [6.07, 6.45) is 2.54. The predicted molar refractivity (Wildman–Crippen MR) is 52.3 cm³/mol. The number of hydrogen-bond acceptors (Lipinski definition) is 4. The van der Waals surface area contributed by atoms with Crippen molar-refractivity contribution >= 4 is 17.6 Å². The second-order valence-electron chi connectivity index (χ2n) is 3.83. The van der Waals surface area contributed by atoms with Crippen LogP contribution in [0.4, 0.5) is 4.79 Å². The van der Waals surface area contributed by atoms with Crippen LogP contribution in [0.5, 0.6) is 0 Å². The quantitative estimate of drug-likeness (QED) is 0.478. The van der Waals surface area contributed by atoms with Crippen molar-refractivity contribution in [1.82, 2.24) is 10.6 Å². The number of rotatable bonds is 1. The molecule has 1 saturated carbocycles. The number of carbonyl (C=O) groups excluding carboxylic acids is 2. The molecule has 1 aliphatic carbocycles. The molecular weight excluding hydrogens is 198 g/mol. The van der Waals surface area contributed by atoms with Gasteiger partial charge in [-0.25, -0.2) is 4.79 Å². The van der Waals surface area contributed by atoms with Gasteiger partial charge >= 0.3 is 6.03 Å². The molecule has 15 heavy (non-hydrogen) atoms. The molecule has 2 aliphatic rings. The monoisotopic (exact) mass is 211 g/mol. The van der Waals surface area contributed by atoms with Crippen LogP contribution in [0.2, 0.25) is 0 Å². The van der Waals surface area contributed by atoms with Crippen molar-refractivity contribution in [2.75, 3.05) is 7.11 Å². The topological polar surface area (TPSA) is 79.8 Å². The molecule has 2 N–H and O–H groups in total. The Morgan fingerprint density at radius 1 is 1.33 bits per heavy atom. The second kappa shape index (κ2) is 3.52. The standard InChI is InChI=1S/C9H13N3O3/c1-15-12-6-2-4-9(5-3-6)7(13)10-8(14)11-9/h2-5H2,1H3,(H2,10,11,13,14). The number of nitrogens with zero attached hydrogens (tertiary/aromatic N) is 1. The van der Waals surface area contributed by atoms with Gasteiger partial charge in [0.05, 0.1) is 5.71 Å². The zero-order valence-electron chi connectivity index (χ0n) is 8.50. The van der Waals surface area contributed by atoms with Gasteiger partial charge in [0.1, 0.15) is 12.6 Å². The molecule has 0 aromatic heterocycles. The highest BCUT2D eigenvalue weighted by Crippen LogP contribution is 2.29. The van der Waals surface area contributed by atoms with Crippen LogP contribution in [-0.2, 0) is 9.63 Å². The highest BCUT2D eigenvalue weighted by atomic mass is 16.6. The average Bonchev–Trinajstić information content (AvgIpc) is 2.47. The van der Waals surface area contributed by atoms with Crippen molar-refractivity contribution in [2.24, 2.45) is 5.16 Å². The van der Waals surface area contributed by atoms with E-state index in [9.17, 15) is 9.59 Å². The van der Waals surface area contributed by atoms with Crippen molar-refractivity contribution in [3.8, 4) is 0 Å². The van der Waals surface area contributed by atoms with E-state index >= 15 is 0 Å². The predicted octanol–water partition coefficient (Wildman–Crippen LogP) is 0.141. The van der Waals surface area contributed by atoms with Gasteiger partial charge in [-0.3, -0.25) is 10.1 Å². The largest absolute Gasteiger partial charge is 0.399 e. The number of nitrogens with one attached hydrogen (secondary N) is 2. The van der Waals surface area contributed by atoms with Crippen LogP contribution in [0, 0.1) is 0 Å². The first-order valence-corrected chi connectivity index (χ1v) is 4.89. The molecule has 1 spiro atoms. The zero-order valence-corrected chi connectivity index (χ0v) is 8.50. The fourth-order valence-electron chi connectivity index (χ4n) is 2.07. The smallest absolute Gasteiger partial charge is 0.322 e. The Kier molecular flexibility index (Phi) is 2.34. The van der Waals surface area contributed by atoms with Crippen molar-refractivity contribution in [3.63, 3.8) is 0 Å². The molecule has 0 atom stereocenters. The first-order valence-electron chi connectivity index (χ1n) is 4.89. The molecule has 0 aromatic carbocycles. The molecule has 1 saturated heterocycles. The summed E-state index contributed by atoms with van der Waals surface area (Å²) < 4.78 is 0. The SMILES string of the molecule is CON=C1CCC2(CC1)NC(=O)NC2=O. The fourth-order valence-corrected chi connectivity index (χ4v) is 2.07. The first-order chi connectivity index (χ1) is 7.16. The summed E-state index contributed by atoms with van der Waals surface area (Å²) in [6.45, 7) is 0. The molecule has 6 nitrogen and oxygen atoms in total. The zero-order chi connectivity index (χ0) is 10.9. The first kappa shape index (κ1) is 9.95. The Morgan fingerprint density at radius 3 is 2.47 bits per heavy atom. The molecule has 2 fully saturated rings. The summed E-state index contributed by atoms with van der Waals surface area (Å²) in [4.78, 5) is 27.3. The molecule has 82 valence electrons. The van der Waals surface area contributed by atoms with Crippen LogP contribution >= 0.6 is 0 Å². The lowest BCUT2D eigenvalue weighted by Crippen LogP contribution is -2.49. The summed E-state index contributed by atoms with van der Waals surface area (Å²) in [5.41, 5.74) is 0.237. The van der Waals surface area contributed by atoms with Crippen molar-refractivity contribution in [1.29, 1.82) is 0 Å². The van der Waals surface area contributed by atoms with Gasteiger partial charge in [-0.05, 0) is 25.7 Å². The highest BCUT2D eigenvalue weighted by Gasteiger charge is 2.47. The van der Waals surface area contributed by atoms with E-state index in [-0.39, 0.29) is 5.91 Å². The summed E-state index contributed by atoms with van der Waals surface area (Å²) in [5.74, 6) is -0.219. The molecule has 0 radical (unpaired) electrons. The van der Waals surface area contributed by atoms with Gasteiger partial charge < -0.3 is 10.2 Å². The number of carbonyl (C=O) groups is 2. The minimum Gasteiger partial charge on any atom is -0.399 e. The van der Waals surface area contributed by atoms with Crippen LogP contribution in [-0.4, -0.2) is 30.3 Å². The minimum absolute atomic E-state index is 0.219. The Balaban J connectivity index is 2.06. The van der Waals surface area contributed by atoms with Crippen LogP contribution < -0.4 is 10.6 Å². The van der Waals surface area contributed by atoms with Crippen LogP contribution in [0.1, 0.15) is 25.7 Å². The van der Waals surface area contributed by atoms with E-state index in [1.807, 2.05) is 0 Å². The van der Waals surface area contributed by atoms with Gasteiger partial charge in [0.25, 0.3) is 5.91 Å². The summed E-state index contributed by atoms with van der Waals surface area (Å²) in [6, 6.07) is -0.396. The second-order valence-corrected chi connectivity index (χ2v) is 3.83. The maximum absolute atomic E-state index is 11.6. The van der Waals surface area contributed by atoms with Gasteiger partial charge in [-0.2, -0.15) is 0 Å². The lowest BCUT2D eigenvalue weighted by molar-refractivity contribution is -0.124. The van der Waals surface area contributed by atoms with Gasteiger partial charge in [0.2, 0.25) is 0 Å². The molecule has 1 aliphatic heterocycles. The number of urea groups is 1. The van der Waals surface area contributed by atoms with Crippen LogP contribution in [0.25, 0.3) is 0 Å². The third-order valence-corrected chi connectivity index (χ3v) is 2.92. The Bertz CT molecular complexity index is 327. The van der Waals surface area contributed by atoms with Crippen molar-refractivity contribution < 1.29 is 14.4 Å². The third-order valence-electron chi connectivity index (χ3n) is 2.92. The van der Waals surface area contributed by atoms with Crippen molar-refractivity contribution in [2.45, 2.75) is 31.2 Å². The Hall–Kier alpha value is -1.59. The Morgan fingerprint density at radius 2 is 2.00 bits per heavy atom. The third kappa shape index (κ3) is 1.67. The molecule has 6 heteroatoms. The molecular formula is C9H13N3O3. The van der Waals surface area contributed by atoms with Crippen LogP contribution in [0.3, 0.4) is 0 Å². The van der Waals surface area contributed by atoms with Crippen LogP contribution in [0.15, 0.2) is 5.16 Å². The molecule has 3 amide bonds. The molecule has 0 unspecified atom stereocenters. The molecule has 0 aromatic rings. The van der Waals surface area contributed by atoms with Gasteiger partial charge in [0, 0.05) is 0 Å². The molecule has 2 rings (SSSR count). The number of amides is 3. The average molecular weight is 211 g/mol. The van der Waals surface area contributed by atoms with E-state index in [0.29, 0.717) is 25.7 Å². The summed E-state index contributed by atoms with van der Waals surface area (Å²) >= 11 is 0. The Labute approximate surface area is 87.0 Å². The van der Waals surface area contributed by atoms with E-state index in [1.54, 1.807) is 0 Å². The van der Waals surface area contributed by atoms with Gasteiger partial charge in [0.15, 0.2) is 0 Å². The van der Waals surface area contributed by atoms with Gasteiger partial charge in [-0.15, -0.1) is 0 Å². The minimum atomic E-state index is -0.705. The van der Waals surface area contributed by atoms with Gasteiger partial charge in [-0.1, -0.05) is 5.16 Å². The normalized spacial score (nSPS) is 30.1. The maximum atomic E-state index is 11.6. The summed E-state index contributed by atoms with van der Waals surface area (Å²) in [5, 5.41) is 8.80. The number of oxime groups is 1. The molecule has 1 heterocycles. The van der Waals surface area contributed by atoms with E-state index in [4.69, 9.17) is 0 Å². The number of hydrogen-bond donors (Lipinski definition) is 2. The van der Waals surface area contributed by atoms with E-state index < -0.39 is 11.6 Å². The molecule has 0 bridgehead atoms. The maximum Gasteiger partial charge on any atom is 0.322 e.